The molecule has 0 spiro atoms. The van der Waals surface area contributed by atoms with E-state index in [1.54, 1.807) is 24.1 Å². The summed E-state index contributed by atoms with van der Waals surface area (Å²) in [6.45, 7) is 11.7. The molecule has 1 aromatic rings. The zero-order chi connectivity index (χ0) is 32.4. The van der Waals surface area contributed by atoms with Gasteiger partial charge in [-0.25, -0.2) is 4.79 Å². The molecule has 0 unspecified atom stereocenters. The number of nitrogens with zero attached hydrogens (tertiary/aromatic N) is 3. The molecule has 1 aromatic heterocycles. The number of amides is 1. The fourth-order valence-corrected chi connectivity index (χ4v) is 6.17. The zero-order valence-corrected chi connectivity index (χ0v) is 27.2. The van der Waals surface area contributed by atoms with Gasteiger partial charge in [-0.05, 0) is 63.3 Å². The van der Waals surface area contributed by atoms with Crippen molar-refractivity contribution in [2.75, 3.05) is 39.4 Å². The summed E-state index contributed by atoms with van der Waals surface area (Å²) in [4.78, 5) is 34.7. The monoisotopic (exact) mass is 625 g/mol. The van der Waals surface area contributed by atoms with Crippen LogP contribution >= 0.6 is 0 Å². The molecular formula is C35H51N3O7. The Kier molecular flexibility index (Phi) is 12.8. The van der Waals surface area contributed by atoms with Crippen LogP contribution in [0.15, 0.2) is 60.3 Å². The first-order valence-electron chi connectivity index (χ1n) is 16.3. The molecule has 4 heterocycles. The largest absolute Gasteiger partial charge is 0.457 e. The number of aromatic nitrogens is 1. The highest BCUT2D eigenvalue weighted by Crippen LogP contribution is 2.28. The van der Waals surface area contributed by atoms with Gasteiger partial charge in [0.2, 0.25) is 0 Å². The van der Waals surface area contributed by atoms with E-state index in [4.69, 9.17) is 14.2 Å². The minimum absolute atomic E-state index is 0.101. The van der Waals surface area contributed by atoms with Crippen LogP contribution in [0.5, 0.6) is 0 Å². The van der Waals surface area contributed by atoms with Gasteiger partial charge in [-0.3, -0.25) is 14.7 Å². The lowest BCUT2D eigenvalue weighted by molar-refractivity contribution is -0.151. The summed E-state index contributed by atoms with van der Waals surface area (Å²) in [6, 6.07) is 6.30. The molecule has 0 radical (unpaired) electrons. The Labute approximate surface area is 267 Å². The molecule has 0 aliphatic carbocycles. The smallest absolute Gasteiger partial charge is 0.410 e. The lowest BCUT2D eigenvalue weighted by Gasteiger charge is -2.41. The Balaban J connectivity index is 1.46. The van der Waals surface area contributed by atoms with E-state index in [1.165, 1.54) is 0 Å². The molecule has 3 aliphatic heterocycles. The lowest BCUT2D eigenvalue weighted by atomic mass is 9.88. The number of piperazine rings is 1. The fraction of sp³-hybridized carbons (Fsp3) is 0.629. The highest BCUT2D eigenvalue weighted by atomic mass is 16.6. The maximum Gasteiger partial charge on any atom is 0.410 e. The van der Waals surface area contributed by atoms with Crippen molar-refractivity contribution in [2.45, 2.75) is 95.7 Å². The lowest BCUT2D eigenvalue weighted by Crippen LogP contribution is -2.54. The maximum atomic E-state index is 13.3. The van der Waals surface area contributed by atoms with E-state index in [1.807, 2.05) is 56.4 Å². The van der Waals surface area contributed by atoms with Crippen LogP contribution < -0.4 is 0 Å². The van der Waals surface area contributed by atoms with Crippen molar-refractivity contribution in [3.8, 4) is 0 Å². The Bertz CT molecular complexity index is 1190. The highest BCUT2D eigenvalue weighted by Gasteiger charge is 2.37. The fourth-order valence-electron chi connectivity index (χ4n) is 6.17. The van der Waals surface area contributed by atoms with Crippen LogP contribution in [0.3, 0.4) is 0 Å². The van der Waals surface area contributed by atoms with Crippen molar-refractivity contribution in [3.05, 3.63) is 66.0 Å². The first-order valence-corrected chi connectivity index (χ1v) is 16.3. The van der Waals surface area contributed by atoms with Crippen LogP contribution in [-0.4, -0.2) is 106 Å². The molecule has 4 rings (SSSR count). The van der Waals surface area contributed by atoms with Crippen molar-refractivity contribution < 1.29 is 34.0 Å². The predicted octanol–water partition coefficient (Wildman–Crippen LogP) is 4.39. The second-order valence-electron chi connectivity index (χ2n) is 12.9. The molecule has 0 aromatic carbocycles. The molecule has 6 atom stereocenters. The van der Waals surface area contributed by atoms with Gasteiger partial charge in [0.25, 0.3) is 0 Å². The van der Waals surface area contributed by atoms with E-state index < -0.39 is 36.0 Å². The second kappa shape index (κ2) is 16.5. The summed E-state index contributed by atoms with van der Waals surface area (Å²) in [6.07, 6.45) is 10.3. The predicted molar refractivity (Wildman–Crippen MR) is 171 cm³/mol. The van der Waals surface area contributed by atoms with E-state index in [0.29, 0.717) is 19.1 Å². The molecule has 10 nitrogen and oxygen atoms in total. The van der Waals surface area contributed by atoms with Crippen LogP contribution in [0, 0.1) is 5.92 Å². The number of aliphatic hydroxyl groups excluding tert-OH is 1. The van der Waals surface area contributed by atoms with Crippen LogP contribution in [-0.2, 0) is 19.0 Å². The van der Waals surface area contributed by atoms with E-state index in [-0.39, 0.29) is 31.1 Å². The van der Waals surface area contributed by atoms with Gasteiger partial charge in [-0.15, -0.1) is 0 Å². The Morgan fingerprint density at radius 3 is 2.58 bits per heavy atom. The Morgan fingerprint density at radius 1 is 1.16 bits per heavy atom. The van der Waals surface area contributed by atoms with E-state index in [9.17, 15) is 19.8 Å². The van der Waals surface area contributed by atoms with E-state index in [2.05, 4.69) is 16.8 Å². The number of ether oxygens (including phenoxy) is 3. The first-order chi connectivity index (χ1) is 21.5. The number of carbonyl (C=O) groups is 2. The van der Waals surface area contributed by atoms with E-state index in [0.717, 1.165) is 50.4 Å². The molecule has 2 saturated heterocycles. The quantitative estimate of drug-likeness (QED) is 0.269. The van der Waals surface area contributed by atoms with Gasteiger partial charge in [0, 0.05) is 69.2 Å². The van der Waals surface area contributed by atoms with Gasteiger partial charge < -0.3 is 29.3 Å². The van der Waals surface area contributed by atoms with Crippen molar-refractivity contribution >= 4 is 12.1 Å². The van der Waals surface area contributed by atoms with Crippen molar-refractivity contribution in [2.24, 2.45) is 5.92 Å². The maximum absolute atomic E-state index is 13.3. The van der Waals surface area contributed by atoms with Crippen LogP contribution in [0.25, 0.3) is 0 Å². The molecule has 248 valence electrons. The number of cyclic esters (lactones) is 1. The first kappa shape index (κ1) is 34.8. The summed E-state index contributed by atoms with van der Waals surface area (Å²) >= 11 is 0. The molecule has 2 fully saturated rings. The topological polar surface area (TPSA) is 122 Å². The summed E-state index contributed by atoms with van der Waals surface area (Å²) in [7, 11) is 0. The van der Waals surface area contributed by atoms with Gasteiger partial charge in [0.15, 0.2) is 6.10 Å². The van der Waals surface area contributed by atoms with Gasteiger partial charge in [0.05, 0.1) is 12.5 Å². The minimum atomic E-state index is -1.45. The summed E-state index contributed by atoms with van der Waals surface area (Å²) in [5.74, 6) is -0.707. The highest BCUT2D eigenvalue weighted by molar-refractivity contribution is 5.70. The van der Waals surface area contributed by atoms with Gasteiger partial charge in [-0.2, -0.15) is 0 Å². The zero-order valence-electron chi connectivity index (χ0n) is 27.2. The molecule has 2 N–H and O–H groups in total. The minimum Gasteiger partial charge on any atom is -0.457 e. The number of carbonyl (C=O) groups excluding carboxylic acids is 2. The third-order valence-electron chi connectivity index (χ3n) is 9.19. The Morgan fingerprint density at radius 2 is 1.89 bits per heavy atom. The standard InChI is InChI=1S/C35H51N3O7/c1-25(30-10-5-6-17-36-30)8-7-9-26(2)33-27(3)11-12-31(35(4,42)16-13-29(39)24-32(40)45-33)44-34(41)38-20-18-37(19-21-38)28-14-22-43-23-15-28/h5-12,17,25,27-29,31,33,39,42H,13-16,18-24H2,1-4H3/b8-7+,12-11-,26-9+/t25-,27-,29-,31-,33+,35-/m0/s1. The van der Waals surface area contributed by atoms with Crippen molar-refractivity contribution in [3.63, 3.8) is 0 Å². The summed E-state index contributed by atoms with van der Waals surface area (Å²) < 4.78 is 17.3. The van der Waals surface area contributed by atoms with Gasteiger partial charge in [0.1, 0.15) is 11.7 Å². The van der Waals surface area contributed by atoms with Crippen LogP contribution in [0.2, 0.25) is 0 Å². The van der Waals surface area contributed by atoms with Crippen LogP contribution in [0.1, 0.15) is 71.4 Å². The molecular weight excluding hydrogens is 574 g/mol. The molecule has 10 heteroatoms. The number of allylic oxidation sites excluding steroid dienone is 3. The molecule has 0 bridgehead atoms. The molecule has 3 aliphatic rings. The van der Waals surface area contributed by atoms with Gasteiger partial charge in [-0.1, -0.05) is 44.2 Å². The van der Waals surface area contributed by atoms with Gasteiger partial charge >= 0.3 is 12.1 Å². The third-order valence-corrected chi connectivity index (χ3v) is 9.19. The van der Waals surface area contributed by atoms with Crippen molar-refractivity contribution in [1.82, 2.24) is 14.8 Å². The number of aliphatic hydroxyl groups is 2. The number of esters is 1. The summed E-state index contributed by atoms with van der Waals surface area (Å²) in [5, 5.41) is 22.1. The SMILES string of the molecule is C/C(=C\C=C\[C@H](C)c1ccccn1)[C@H]1OC(=O)C[C@@H](O)CC[C@](C)(O)[C@@H](OC(=O)N2CCN(C3CCOCC3)CC2)/C=C\[C@@H]1C. The summed E-state index contributed by atoms with van der Waals surface area (Å²) in [5.41, 5.74) is 0.320. The number of pyridine rings is 1. The number of hydrogen-bond donors (Lipinski definition) is 2. The molecule has 45 heavy (non-hydrogen) atoms. The van der Waals surface area contributed by atoms with E-state index >= 15 is 0 Å². The second-order valence-corrected chi connectivity index (χ2v) is 12.9. The van der Waals surface area contributed by atoms with Crippen LogP contribution in [0.4, 0.5) is 4.79 Å². The number of hydrogen-bond acceptors (Lipinski definition) is 9. The average Bonchev–Trinajstić information content (AvgIpc) is 3.04. The van der Waals surface area contributed by atoms with Crippen molar-refractivity contribution in [1.29, 1.82) is 0 Å². The third kappa shape index (κ3) is 10.2. The average molecular weight is 626 g/mol. The number of rotatable bonds is 6. The normalized spacial score (nSPS) is 31.5. The molecule has 0 saturated carbocycles. The molecule has 1 amide bonds. The Hall–Kier alpha value is -3.05.